The summed E-state index contributed by atoms with van der Waals surface area (Å²) < 4.78 is 5.22. The van der Waals surface area contributed by atoms with Crippen LogP contribution in [0.15, 0.2) is 18.3 Å². The molecule has 7 heteroatoms. The van der Waals surface area contributed by atoms with Crippen LogP contribution in [0.2, 0.25) is 0 Å². The van der Waals surface area contributed by atoms with Gasteiger partial charge in [-0.2, -0.15) is 0 Å². The summed E-state index contributed by atoms with van der Waals surface area (Å²) in [5, 5.41) is 3.15. The number of piperazine rings is 1. The molecule has 0 atom stereocenters. The molecule has 0 saturated carbocycles. The Morgan fingerprint density at radius 2 is 2.05 bits per heavy atom. The first kappa shape index (κ1) is 15.9. The molecule has 0 aliphatic carbocycles. The zero-order valence-electron chi connectivity index (χ0n) is 12.1. The molecule has 1 aromatic heterocycles. The number of methoxy groups -OCH3 is 1. The number of anilines is 1. The summed E-state index contributed by atoms with van der Waals surface area (Å²) in [5.74, 6) is 2.22. The van der Waals surface area contributed by atoms with Gasteiger partial charge in [0.2, 0.25) is 5.91 Å². The number of amides is 1. The van der Waals surface area contributed by atoms with Gasteiger partial charge in [-0.25, -0.2) is 4.98 Å². The van der Waals surface area contributed by atoms with Gasteiger partial charge in [0.05, 0.1) is 13.0 Å². The highest BCUT2D eigenvalue weighted by atomic mass is 35.5. The Bertz CT molecular complexity index is 488. The van der Waals surface area contributed by atoms with E-state index in [2.05, 4.69) is 15.2 Å². The molecule has 116 valence electrons. The first-order valence-electron chi connectivity index (χ1n) is 7.02. The van der Waals surface area contributed by atoms with Crippen LogP contribution < -0.4 is 15.0 Å². The number of hydrogen-bond acceptors (Lipinski definition) is 5. The number of hydrogen-bond donors (Lipinski definition) is 1. The summed E-state index contributed by atoms with van der Waals surface area (Å²) in [7, 11) is 1.66. The van der Waals surface area contributed by atoms with Gasteiger partial charge < -0.3 is 19.9 Å². The Hall–Kier alpha value is -1.53. The first-order valence-corrected chi connectivity index (χ1v) is 7.02. The van der Waals surface area contributed by atoms with Crippen molar-refractivity contribution in [3.05, 3.63) is 18.3 Å². The zero-order valence-corrected chi connectivity index (χ0v) is 12.9. The molecule has 3 heterocycles. The monoisotopic (exact) mass is 312 g/mol. The lowest BCUT2D eigenvalue weighted by Gasteiger charge is -2.38. The standard InChI is InChI=1S/C14H20N4O2.ClH/c1-20-12-2-3-16-13(8-12)17-4-6-18(7-5-17)14(19)11-9-15-10-11;/h2-3,8,11,15H,4-7,9-10H2,1H3;1H. The van der Waals surface area contributed by atoms with Crippen LogP contribution in [0.4, 0.5) is 5.82 Å². The second-order valence-electron chi connectivity index (χ2n) is 5.22. The smallest absolute Gasteiger partial charge is 0.228 e. The van der Waals surface area contributed by atoms with Crippen molar-refractivity contribution in [2.75, 3.05) is 51.3 Å². The molecule has 1 amide bonds. The van der Waals surface area contributed by atoms with E-state index >= 15 is 0 Å². The van der Waals surface area contributed by atoms with E-state index in [0.29, 0.717) is 5.91 Å². The van der Waals surface area contributed by atoms with E-state index in [9.17, 15) is 4.79 Å². The van der Waals surface area contributed by atoms with Crippen LogP contribution in [0.5, 0.6) is 5.75 Å². The minimum Gasteiger partial charge on any atom is -0.497 e. The fourth-order valence-corrected chi connectivity index (χ4v) is 2.58. The molecule has 1 aromatic rings. The fraction of sp³-hybridized carbons (Fsp3) is 0.571. The SMILES string of the molecule is COc1ccnc(N2CCN(C(=O)C3CNC3)CC2)c1.Cl. The maximum absolute atomic E-state index is 12.2. The molecule has 2 saturated heterocycles. The van der Waals surface area contributed by atoms with Gasteiger partial charge in [-0.3, -0.25) is 4.79 Å². The van der Waals surface area contributed by atoms with E-state index < -0.39 is 0 Å². The van der Waals surface area contributed by atoms with Gasteiger partial charge in [-0.1, -0.05) is 0 Å². The predicted molar refractivity (Wildman–Crippen MR) is 83.2 cm³/mol. The normalized spacial score (nSPS) is 18.7. The molecule has 0 unspecified atom stereocenters. The Balaban J connectivity index is 0.00000161. The number of nitrogens with zero attached hydrogens (tertiary/aromatic N) is 3. The molecule has 1 N–H and O–H groups in total. The molecular weight excluding hydrogens is 292 g/mol. The summed E-state index contributed by atoms with van der Waals surface area (Å²) in [6, 6.07) is 3.78. The van der Waals surface area contributed by atoms with Crippen molar-refractivity contribution >= 4 is 24.1 Å². The third kappa shape index (κ3) is 3.39. The van der Waals surface area contributed by atoms with E-state index in [1.54, 1.807) is 13.3 Å². The maximum Gasteiger partial charge on any atom is 0.228 e. The number of rotatable bonds is 3. The number of ether oxygens (including phenoxy) is 1. The zero-order chi connectivity index (χ0) is 13.9. The summed E-state index contributed by atoms with van der Waals surface area (Å²) >= 11 is 0. The predicted octanol–water partition coefficient (Wildman–Crippen LogP) is 0.380. The highest BCUT2D eigenvalue weighted by Crippen LogP contribution is 2.20. The third-order valence-corrected chi connectivity index (χ3v) is 4.00. The van der Waals surface area contributed by atoms with Gasteiger partial charge in [0, 0.05) is 51.5 Å². The van der Waals surface area contributed by atoms with Crippen LogP contribution in [0.1, 0.15) is 0 Å². The lowest BCUT2D eigenvalue weighted by Crippen LogP contribution is -2.56. The van der Waals surface area contributed by atoms with Gasteiger partial charge in [0.1, 0.15) is 11.6 Å². The van der Waals surface area contributed by atoms with E-state index in [4.69, 9.17) is 4.74 Å². The van der Waals surface area contributed by atoms with Crippen LogP contribution >= 0.6 is 12.4 Å². The van der Waals surface area contributed by atoms with Crippen LogP contribution in [0, 0.1) is 5.92 Å². The Kier molecular flexibility index (Phi) is 5.25. The largest absolute Gasteiger partial charge is 0.497 e. The second-order valence-corrected chi connectivity index (χ2v) is 5.22. The Morgan fingerprint density at radius 3 is 2.62 bits per heavy atom. The Morgan fingerprint density at radius 1 is 1.33 bits per heavy atom. The second kappa shape index (κ2) is 6.95. The van der Waals surface area contributed by atoms with Gasteiger partial charge in [0.15, 0.2) is 0 Å². The molecule has 6 nitrogen and oxygen atoms in total. The van der Waals surface area contributed by atoms with Crippen molar-refractivity contribution in [3.63, 3.8) is 0 Å². The number of pyridine rings is 1. The average molecular weight is 313 g/mol. The van der Waals surface area contributed by atoms with Crippen molar-refractivity contribution in [1.82, 2.24) is 15.2 Å². The molecule has 2 aliphatic rings. The molecule has 2 fully saturated rings. The quantitative estimate of drug-likeness (QED) is 0.874. The number of carbonyl (C=O) groups is 1. The number of aromatic nitrogens is 1. The highest BCUT2D eigenvalue weighted by Gasteiger charge is 2.31. The summed E-state index contributed by atoms with van der Waals surface area (Å²) in [4.78, 5) is 20.7. The van der Waals surface area contributed by atoms with Crippen LogP contribution in [0.3, 0.4) is 0 Å². The van der Waals surface area contributed by atoms with Gasteiger partial charge in [0.25, 0.3) is 0 Å². The minimum absolute atomic E-state index is 0. The first-order chi connectivity index (χ1) is 9.78. The van der Waals surface area contributed by atoms with Crippen molar-refractivity contribution in [2.45, 2.75) is 0 Å². The fourth-order valence-electron chi connectivity index (χ4n) is 2.58. The van der Waals surface area contributed by atoms with E-state index in [0.717, 1.165) is 50.8 Å². The third-order valence-electron chi connectivity index (χ3n) is 4.00. The molecular formula is C14H21ClN4O2. The summed E-state index contributed by atoms with van der Waals surface area (Å²) in [6.45, 7) is 4.85. The van der Waals surface area contributed by atoms with Gasteiger partial charge in [-0.05, 0) is 6.07 Å². The van der Waals surface area contributed by atoms with Crippen molar-refractivity contribution in [3.8, 4) is 5.75 Å². The molecule has 2 aliphatic heterocycles. The molecule has 0 bridgehead atoms. The molecule has 21 heavy (non-hydrogen) atoms. The number of carbonyl (C=O) groups excluding carboxylic acids is 1. The van der Waals surface area contributed by atoms with Crippen molar-refractivity contribution in [2.24, 2.45) is 5.92 Å². The molecule has 3 rings (SSSR count). The number of halogens is 1. The van der Waals surface area contributed by atoms with Crippen LogP contribution in [-0.2, 0) is 4.79 Å². The van der Waals surface area contributed by atoms with Crippen molar-refractivity contribution < 1.29 is 9.53 Å². The topological polar surface area (TPSA) is 57.7 Å². The lowest BCUT2D eigenvalue weighted by molar-refractivity contribution is -0.137. The molecule has 0 radical (unpaired) electrons. The maximum atomic E-state index is 12.2. The van der Waals surface area contributed by atoms with Crippen LogP contribution in [-0.4, -0.2) is 62.2 Å². The molecule has 0 spiro atoms. The average Bonchev–Trinajstić information content (AvgIpc) is 2.45. The molecule has 0 aromatic carbocycles. The van der Waals surface area contributed by atoms with Crippen LogP contribution in [0.25, 0.3) is 0 Å². The minimum atomic E-state index is 0. The van der Waals surface area contributed by atoms with Gasteiger partial charge in [-0.15, -0.1) is 12.4 Å². The van der Waals surface area contributed by atoms with E-state index in [1.807, 2.05) is 17.0 Å². The van der Waals surface area contributed by atoms with Crippen molar-refractivity contribution in [1.29, 1.82) is 0 Å². The van der Waals surface area contributed by atoms with Gasteiger partial charge >= 0.3 is 0 Å². The number of nitrogens with one attached hydrogen (secondary N) is 1. The lowest BCUT2D eigenvalue weighted by atomic mass is 10.0. The highest BCUT2D eigenvalue weighted by molar-refractivity contribution is 5.85. The summed E-state index contributed by atoms with van der Waals surface area (Å²) in [5.41, 5.74) is 0. The van der Waals surface area contributed by atoms with E-state index in [-0.39, 0.29) is 18.3 Å². The summed E-state index contributed by atoms with van der Waals surface area (Å²) in [6.07, 6.45) is 1.76. The van der Waals surface area contributed by atoms with E-state index in [1.165, 1.54) is 0 Å². The Labute approximate surface area is 130 Å².